The molecule has 0 bridgehead atoms. The van der Waals surface area contributed by atoms with E-state index in [-0.39, 0.29) is 0 Å². The van der Waals surface area contributed by atoms with Crippen molar-refractivity contribution in [3.8, 4) is 5.69 Å². The Bertz CT molecular complexity index is 583. The Balaban J connectivity index is 1.52. The maximum absolute atomic E-state index is 4.23. The SMILES string of the molecule is CN=C(NCc1ccc(-n2cncn2)cc1)NCC1CC1. The Hall–Kier alpha value is -2.37. The van der Waals surface area contributed by atoms with Crippen LogP contribution in [0.15, 0.2) is 41.9 Å². The number of hydrogen-bond donors (Lipinski definition) is 2. The van der Waals surface area contributed by atoms with Crippen molar-refractivity contribution in [2.45, 2.75) is 19.4 Å². The van der Waals surface area contributed by atoms with Crippen LogP contribution in [-0.2, 0) is 6.54 Å². The molecule has 1 aliphatic rings. The molecule has 0 radical (unpaired) electrons. The first-order chi connectivity index (χ1) is 10.3. The fraction of sp³-hybridized carbons (Fsp3) is 0.400. The first-order valence-corrected chi connectivity index (χ1v) is 7.23. The third-order valence-electron chi connectivity index (χ3n) is 3.56. The predicted molar refractivity (Wildman–Crippen MR) is 82.3 cm³/mol. The maximum Gasteiger partial charge on any atom is 0.191 e. The summed E-state index contributed by atoms with van der Waals surface area (Å²) in [6, 6.07) is 8.23. The van der Waals surface area contributed by atoms with Gasteiger partial charge in [0.1, 0.15) is 12.7 Å². The number of rotatable bonds is 5. The van der Waals surface area contributed by atoms with Crippen molar-refractivity contribution in [2.75, 3.05) is 13.6 Å². The van der Waals surface area contributed by atoms with Crippen molar-refractivity contribution in [3.63, 3.8) is 0 Å². The molecule has 110 valence electrons. The monoisotopic (exact) mass is 284 g/mol. The summed E-state index contributed by atoms with van der Waals surface area (Å²) < 4.78 is 1.74. The Morgan fingerprint density at radius 1 is 1.29 bits per heavy atom. The Morgan fingerprint density at radius 3 is 2.71 bits per heavy atom. The van der Waals surface area contributed by atoms with Gasteiger partial charge in [0.25, 0.3) is 0 Å². The van der Waals surface area contributed by atoms with Crippen LogP contribution in [0.3, 0.4) is 0 Å². The second-order valence-corrected chi connectivity index (χ2v) is 5.26. The third kappa shape index (κ3) is 3.81. The largest absolute Gasteiger partial charge is 0.356 e. The first kappa shape index (κ1) is 13.6. The maximum atomic E-state index is 4.23. The molecule has 6 nitrogen and oxygen atoms in total. The van der Waals surface area contributed by atoms with Gasteiger partial charge in [-0.3, -0.25) is 4.99 Å². The van der Waals surface area contributed by atoms with Gasteiger partial charge in [0.05, 0.1) is 5.69 Å². The highest BCUT2D eigenvalue weighted by atomic mass is 15.3. The van der Waals surface area contributed by atoms with Crippen LogP contribution in [0.5, 0.6) is 0 Å². The molecule has 0 aliphatic heterocycles. The van der Waals surface area contributed by atoms with E-state index in [2.05, 4.69) is 37.8 Å². The van der Waals surface area contributed by atoms with Crippen LogP contribution < -0.4 is 10.6 Å². The van der Waals surface area contributed by atoms with E-state index in [1.807, 2.05) is 12.1 Å². The van der Waals surface area contributed by atoms with Gasteiger partial charge in [-0.2, -0.15) is 5.10 Å². The highest BCUT2D eigenvalue weighted by Crippen LogP contribution is 2.27. The summed E-state index contributed by atoms with van der Waals surface area (Å²) in [5.74, 6) is 1.70. The highest BCUT2D eigenvalue weighted by Gasteiger charge is 2.20. The highest BCUT2D eigenvalue weighted by molar-refractivity contribution is 5.79. The standard InChI is InChI=1S/C15H20N6/c1-16-15(18-8-12-2-3-12)19-9-13-4-6-14(7-5-13)21-11-17-10-20-21/h4-7,10-12H,2-3,8-9H2,1H3,(H2,16,18,19). The van der Waals surface area contributed by atoms with Crippen molar-refractivity contribution in [1.82, 2.24) is 25.4 Å². The van der Waals surface area contributed by atoms with Crippen LogP contribution in [0.25, 0.3) is 5.69 Å². The first-order valence-electron chi connectivity index (χ1n) is 7.23. The molecule has 1 aliphatic carbocycles. The van der Waals surface area contributed by atoms with Crippen molar-refractivity contribution >= 4 is 5.96 Å². The molecule has 0 amide bonds. The molecule has 3 rings (SSSR count). The molecule has 1 saturated carbocycles. The Morgan fingerprint density at radius 2 is 2.10 bits per heavy atom. The lowest BCUT2D eigenvalue weighted by molar-refractivity contribution is 0.737. The van der Waals surface area contributed by atoms with Gasteiger partial charge in [-0.05, 0) is 36.5 Å². The van der Waals surface area contributed by atoms with Gasteiger partial charge < -0.3 is 10.6 Å². The number of guanidine groups is 1. The van der Waals surface area contributed by atoms with E-state index in [1.165, 1.54) is 24.7 Å². The molecule has 1 aromatic carbocycles. The second-order valence-electron chi connectivity index (χ2n) is 5.26. The number of aromatic nitrogens is 3. The van der Waals surface area contributed by atoms with Crippen molar-refractivity contribution in [3.05, 3.63) is 42.5 Å². The van der Waals surface area contributed by atoms with E-state index < -0.39 is 0 Å². The van der Waals surface area contributed by atoms with E-state index in [4.69, 9.17) is 0 Å². The summed E-state index contributed by atoms with van der Waals surface area (Å²) in [5.41, 5.74) is 2.21. The molecule has 2 aromatic rings. The molecule has 0 atom stereocenters. The van der Waals surface area contributed by atoms with Crippen LogP contribution in [0.2, 0.25) is 0 Å². The van der Waals surface area contributed by atoms with Gasteiger partial charge in [-0.1, -0.05) is 12.1 Å². The van der Waals surface area contributed by atoms with E-state index in [1.54, 1.807) is 18.1 Å². The minimum Gasteiger partial charge on any atom is -0.356 e. The van der Waals surface area contributed by atoms with Crippen molar-refractivity contribution in [1.29, 1.82) is 0 Å². The molecule has 1 heterocycles. The fourth-order valence-corrected chi connectivity index (χ4v) is 2.08. The number of nitrogens with one attached hydrogen (secondary N) is 2. The molecule has 21 heavy (non-hydrogen) atoms. The molecule has 1 aromatic heterocycles. The van der Waals surface area contributed by atoms with Gasteiger partial charge in [0.15, 0.2) is 5.96 Å². The van der Waals surface area contributed by atoms with Gasteiger partial charge in [0.2, 0.25) is 0 Å². The van der Waals surface area contributed by atoms with Gasteiger partial charge in [-0.15, -0.1) is 0 Å². The van der Waals surface area contributed by atoms with Gasteiger partial charge in [0, 0.05) is 20.1 Å². The number of nitrogens with zero attached hydrogens (tertiary/aromatic N) is 4. The topological polar surface area (TPSA) is 67.1 Å². The summed E-state index contributed by atoms with van der Waals surface area (Å²) in [7, 11) is 1.80. The molecule has 2 N–H and O–H groups in total. The Labute approximate surface area is 124 Å². The molecule has 1 fully saturated rings. The quantitative estimate of drug-likeness (QED) is 0.642. The molecular formula is C15H20N6. The average Bonchev–Trinajstić information content (AvgIpc) is 3.19. The normalized spacial score (nSPS) is 15.0. The zero-order valence-corrected chi connectivity index (χ0v) is 12.2. The number of benzene rings is 1. The van der Waals surface area contributed by atoms with Crippen molar-refractivity contribution in [2.24, 2.45) is 10.9 Å². The predicted octanol–water partition coefficient (Wildman–Crippen LogP) is 1.34. The molecule has 6 heteroatoms. The molecule has 0 saturated heterocycles. The minimum atomic E-state index is 0.752. The lowest BCUT2D eigenvalue weighted by atomic mass is 10.2. The molecule has 0 spiro atoms. The zero-order chi connectivity index (χ0) is 14.5. The fourth-order valence-electron chi connectivity index (χ4n) is 2.08. The summed E-state index contributed by atoms with van der Waals surface area (Å²) in [4.78, 5) is 8.18. The van der Waals surface area contributed by atoms with Crippen LogP contribution in [-0.4, -0.2) is 34.3 Å². The number of hydrogen-bond acceptors (Lipinski definition) is 3. The summed E-state index contributed by atoms with van der Waals surface area (Å²) in [6.07, 6.45) is 5.91. The molecular weight excluding hydrogens is 264 g/mol. The lowest BCUT2D eigenvalue weighted by Gasteiger charge is -2.11. The molecule has 0 unspecified atom stereocenters. The van der Waals surface area contributed by atoms with Gasteiger partial charge in [-0.25, -0.2) is 9.67 Å². The summed E-state index contributed by atoms with van der Waals surface area (Å²) in [5, 5.41) is 10.8. The zero-order valence-electron chi connectivity index (χ0n) is 12.2. The average molecular weight is 284 g/mol. The van der Waals surface area contributed by atoms with Crippen LogP contribution in [0.4, 0.5) is 0 Å². The number of aliphatic imine (C=N–C) groups is 1. The third-order valence-corrected chi connectivity index (χ3v) is 3.56. The van der Waals surface area contributed by atoms with Crippen LogP contribution in [0, 0.1) is 5.92 Å². The lowest BCUT2D eigenvalue weighted by Crippen LogP contribution is -2.37. The van der Waals surface area contributed by atoms with Crippen LogP contribution >= 0.6 is 0 Å². The van der Waals surface area contributed by atoms with Gasteiger partial charge >= 0.3 is 0 Å². The summed E-state index contributed by atoms with van der Waals surface area (Å²) in [6.45, 7) is 1.77. The summed E-state index contributed by atoms with van der Waals surface area (Å²) >= 11 is 0. The van der Waals surface area contributed by atoms with E-state index >= 15 is 0 Å². The minimum absolute atomic E-state index is 0.752. The smallest absolute Gasteiger partial charge is 0.191 e. The van der Waals surface area contributed by atoms with Crippen LogP contribution in [0.1, 0.15) is 18.4 Å². The van der Waals surface area contributed by atoms with E-state index in [0.717, 1.165) is 30.7 Å². The van der Waals surface area contributed by atoms with E-state index in [9.17, 15) is 0 Å². The second kappa shape index (κ2) is 6.39. The van der Waals surface area contributed by atoms with Crippen molar-refractivity contribution < 1.29 is 0 Å². The Kier molecular flexibility index (Phi) is 4.14. The van der Waals surface area contributed by atoms with E-state index in [0.29, 0.717) is 0 Å².